The van der Waals surface area contributed by atoms with E-state index in [2.05, 4.69) is 10.4 Å². The van der Waals surface area contributed by atoms with Crippen molar-refractivity contribution in [1.29, 1.82) is 0 Å². The van der Waals surface area contributed by atoms with Gasteiger partial charge in [-0.15, -0.1) is 5.10 Å². The lowest BCUT2D eigenvalue weighted by molar-refractivity contribution is -0.115. The molecule has 27 heavy (non-hydrogen) atoms. The van der Waals surface area contributed by atoms with Gasteiger partial charge in [0.25, 0.3) is 0 Å². The Morgan fingerprint density at radius 2 is 1.96 bits per heavy atom. The summed E-state index contributed by atoms with van der Waals surface area (Å²) in [4.78, 5) is 12.5. The van der Waals surface area contributed by atoms with Crippen molar-refractivity contribution in [2.45, 2.75) is 23.4 Å². The number of aryl methyl sites for hydroxylation is 1. The van der Waals surface area contributed by atoms with Crippen molar-refractivity contribution in [3.05, 3.63) is 58.0 Å². The molecule has 0 spiro atoms. The van der Waals surface area contributed by atoms with Gasteiger partial charge < -0.3 is 10.1 Å². The van der Waals surface area contributed by atoms with E-state index in [0.29, 0.717) is 3.95 Å². The van der Waals surface area contributed by atoms with Gasteiger partial charge in [0, 0.05) is 5.69 Å². The predicted molar refractivity (Wildman–Crippen MR) is 114 cm³/mol. The van der Waals surface area contributed by atoms with Crippen LogP contribution in [-0.2, 0) is 4.79 Å². The van der Waals surface area contributed by atoms with Crippen LogP contribution in [0.15, 0.2) is 52.9 Å². The molecule has 140 valence electrons. The zero-order valence-electron chi connectivity index (χ0n) is 15.1. The average Bonchev–Trinajstić information content (AvgIpc) is 3.02. The number of thioether (sulfide) groups is 1. The largest absolute Gasteiger partial charge is 0.497 e. The number of para-hydroxylation sites is 1. The molecule has 3 rings (SSSR count). The molecule has 2 aromatic carbocycles. The summed E-state index contributed by atoms with van der Waals surface area (Å²) in [6.07, 6.45) is 0. The molecule has 3 aromatic rings. The smallest absolute Gasteiger partial charge is 0.237 e. The van der Waals surface area contributed by atoms with E-state index in [1.165, 1.54) is 23.1 Å². The molecule has 1 atom stereocenters. The lowest BCUT2D eigenvalue weighted by atomic mass is 10.2. The number of nitrogens with zero attached hydrogens (tertiary/aromatic N) is 2. The van der Waals surface area contributed by atoms with E-state index in [0.717, 1.165) is 27.0 Å². The molecule has 1 N–H and O–H groups in total. The second-order valence-electron chi connectivity index (χ2n) is 5.81. The van der Waals surface area contributed by atoms with Crippen LogP contribution in [0.25, 0.3) is 5.69 Å². The number of hydrogen-bond donors (Lipinski definition) is 1. The third-order valence-electron chi connectivity index (χ3n) is 3.88. The number of carbonyl (C=O) groups excluding carboxylic acids is 1. The first-order chi connectivity index (χ1) is 13.0. The Morgan fingerprint density at radius 3 is 2.63 bits per heavy atom. The molecule has 5 nitrogen and oxygen atoms in total. The van der Waals surface area contributed by atoms with E-state index < -0.39 is 0 Å². The molecule has 8 heteroatoms. The van der Waals surface area contributed by atoms with Gasteiger partial charge in [0.1, 0.15) is 5.75 Å². The third-order valence-corrected chi connectivity index (χ3v) is 6.29. The van der Waals surface area contributed by atoms with E-state index in [1.54, 1.807) is 11.8 Å². The van der Waals surface area contributed by atoms with E-state index in [1.807, 2.05) is 62.4 Å². The van der Waals surface area contributed by atoms with Crippen LogP contribution >= 0.6 is 35.3 Å². The van der Waals surface area contributed by atoms with Gasteiger partial charge in [-0.3, -0.25) is 4.79 Å². The van der Waals surface area contributed by atoms with Crippen LogP contribution < -0.4 is 10.1 Å². The summed E-state index contributed by atoms with van der Waals surface area (Å²) >= 11 is 8.26. The highest BCUT2D eigenvalue weighted by molar-refractivity contribution is 8.02. The third kappa shape index (κ3) is 4.77. The average molecular weight is 418 g/mol. The fraction of sp³-hybridized carbons (Fsp3) is 0.211. The molecule has 0 unspecified atom stereocenters. The summed E-state index contributed by atoms with van der Waals surface area (Å²) in [5.74, 6) is 0.658. The fourth-order valence-corrected chi connectivity index (χ4v) is 4.88. The molecule has 1 aromatic heterocycles. The van der Waals surface area contributed by atoms with Crippen molar-refractivity contribution in [2.75, 3.05) is 12.4 Å². The molecule has 0 fully saturated rings. The lowest BCUT2D eigenvalue weighted by Crippen LogP contribution is -2.22. The molecule has 1 amide bonds. The topological polar surface area (TPSA) is 56.1 Å². The number of benzene rings is 2. The summed E-state index contributed by atoms with van der Waals surface area (Å²) in [6, 6.07) is 15.2. The van der Waals surface area contributed by atoms with Crippen LogP contribution in [0, 0.1) is 10.9 Å². The number of rotatable bonds is 6. The molecule has 0 aliphatic heterocycles. The Labute approximate surface area is 171 Å². The molecule has 0 radical (unpaired) electrons. The van der Waals surface area contributed by atoms with Crippen molar-refractivity contribution in [2.24, 2.45) is 0 Å². The Kier molecular flexibility index (Phi) is 6.30. The highest BCUT2D eigenvalue weighted by Crippen LogP contribution is 2.29. The van der Waals surface area contributed by atoms with E-state index in [9.17, 15) is 4.79 Å². The predicted octanol–water partition coefficient (Wildman–Crippen LogP) is 5.10. The van der Waals surface area contributed by atoms with Crippen LogP contribution in [0.5, 0.6) is 5.75 Å². The molecular formula is C19H19N3O2S3. The minimum Gasteiger partial charge on any atom is -0.497 e. The van der Waals surface area contributed by atoms with Crippen LogP contribution in [0.4, 0.5) is 5.69 Å². The minimum absolute atomic E-state index is 0.0891. The molecule has 0 saturated heterocycles. The first-order valence-corrected chi connectivity index (χ1v) is 10.4. The van der Waals surface area contributed by atoms with Crippen molar-refractivity contribution in [3.8, 4) is 11.4 Å². The van der Waals surface area contributed by atoms with Crippen molar-refractivity contribution >= 4 is 46.9 Å². The number of aromatic nitrogens is 2. The number of ether oxygens (including phenoxy) is 1. The maximum absolute atomic E-state index is 12.5. The van der Waals surface area contributed by atoms with Gasteiger partial charge >= 0.3 is 0 Å². The van der Waals surface area contributed by atoms with Crippen LogP contribution in [-0.4, -0.2) is 28.0 Å². The Morgan fingerprint density at radius 1 is 1.26 bits per heavy atom. The summed E-state index contributed by atoms with van der Waals surface area (Å²) in [7, 11) is 1.61. The van der Waals surface area contributed by atoms with Gasteiger partial charge in [0.2, 0.25) is 5.91 Å². The summed E-state index contributed by atoms with van der Waals surface area (Å²) in [5, 5.41) is 7.19. The quantitative estimate of drug-likeness (QED) is 0.447. The second-order valence-corrected chi connectivity index (χ2v) is 9.02. The maximum Gasteiger partial charge on any atom is 0.237 e. The number of anilines is 1. The van der Waals surface area contributed by atoms with Gasteiger partial charge in [-0.25, -0.2) is 4.68 Å². The van der Waals surface area contributed by atoms with E-state index >= 15 is 0 Å². The molecule has 0 aliphatic carbocycles. The fourth-order valence-electron chi connectivity index (χ4n) is 2.38. The first kappa shape index (κ1) is 19.6. The molecular weight excluding hydrogens is 398 g/mol. The number of amides is 1. The SMILES string of the molecule is COc1ccc(NC(=O)[C@H](C)Sc2nn(-c3ccccc3C)c(=S)s2)cc1. The van der Waals surface area contributed by atoms with Gasteiger partial charge in [0.05, 0.1) is 18.0 Å². The first-order valence-electron chi connectivity index (χ1n) is 8.25. The molecule has 0 bridgehead atoms. The van der Waals surface area contributed by atoms with Crippen molar-refractivity contribution in [1.82, 2.24) is 9.78 Å². The Bertz CT molecular complexity index is 996. The van der Waals surface area contributed by atoms with Crippen LogP contribution in [0.1, 0.15) is 12.5 Å². The monoisotopic (exact) mass is 417 g/mol. The number of methoxy groups -OCH3 is 1. The summed E-state index contributed by atoms with van der Waals surface area (Å²) in [5.41, 5.74) is 2.79. The minimum atomic E-state index is -0.307. The normalized spacial score (nSPS) is 11.8. The van der Waals surface area contributed by atoms with Crippen molar-refractivity contribution in [3.63, 3.8) is 0 Å². The highest BCUT2D eigenvalue weighted by atomic mass is 32.2. The molecule has 0 saturated carbocycles. The molecule has 0 aliphatic rings. The van der Waals surface area contributed by atoms with E-state index in [-0.39, 0.29) is 11.2 Å². The zero-order chi connectivity index (χ0) is 19.4. The standard InChI is InChI=1S/C19H19N3O2S3/c1-12-6-4-5-7-16(12)22-19(25)27-18(21-22)26-13(2)17(23)20-14-8-10-15(24-3)11-9-14/h4-11,13H,1-3H3,(H,20,23)/t13-/m0/s1. The Hall–Kier alpha value is -2.16. The van der Waals surface area contributed by atoms with Gasteiger partial charge in [-0.2, -0.15) is 0 Å². The van der Waals surface area contributed by atoms with Gasteiger partial charge in [0.15, 0.2) is 8.29 Å². The van der Waals surface area contributed by atoms with Crippen LogP contribution in [0.3, 0.4) is 0 Å². The number of carbonyl (C=O) groups is 1. The second kappa shape index (κ2) is 8.69. The summed E-state index contributed by atoms with van der Waals surface area (Å²) in [6.45, 7) is 3.88. The maximum atomic E-state index is 12.5. The van der Waals surface area contributed by atoms with Crippen LogP contribution in [0.2, 0.25) is 0 Å². The highest BCUT2D eigenvalue weighted by Gasteiger charge is 2.18. The van der Waals surface area contributed by atoms with E-state index in [4.69, 9.17) is 17.0 Å². The number of nitrogens with one attached hydrogen (secondary N) is 1. The van der Waals surface area contributed by atoms with Gasteiger partial charge in [-0.05, 0) is 62.0 Å². The van der Waals surface area contributed by atoms with Crippen molar-refractivity contribution < 1.29 is 9.53 Å². The lowest BCUT2D eigenvalue weighted by Gasteiger charge is -2.10. The summed E-state index contributed by atoms with van der Waals surface area (Å²) < 4.78 is 8.30. The molecule has 1 heterocycles. The Balaban J connectivity index is 1.69. The number of hydrogen-bond acceptors (Lipinski definition) is 6. The zero-order valence-corrected chi connectivity index (χ0v) is 17.6. The van der Waals surface area contributed by atoms with Gasteiger partial charge in [-0.1, -0.05) is 41.3 Å².